The molecule has 7 rings (SSSR count). The van der Waals surface area contributed by atoms with Crippen LogP contribution in [0.3, 0.4) is 0 Å². The summed E-state index contributed by atoms with van der Waals surface area (Å²) in [6.07, 6.45) is 3.26. The van der Waals surface area contributed by atoms with Crippen LogP contribution < -0.4 is 0 Å². The van der Waals surface area contributed by atoms with Crippen LogP contribution in [0.2, 0.25) is 0 Å². The van der Waals surface area contributed by atoms with Gasteiger partial charge in [-0.3, -0.25) is 0 Å². The fourth-order valence-corrected chi connectivity index (χ4v) is 7.57. The predicted octanol–water partition coefficient (Wildman–Crippen LogP) is 6.17. The molecule has 0 fully saturated rings. The van der Waals surface area contributed by atoms with Crippen LogP contribution in [0, 0.1) is 5.92 Å². The summed E-state index contributed by atoms with van der Waals surface area (Å²) in [6, 6.07) is 24.1. The molecule has 0 heterocycles. The van der Waals surface area contributed by atoms with Crippen molar-refractivity contribution in [3.8, 4) is 0 Å². The number of nitrogens with zero attached hydrogens (tertiary/aromatic N) is 3. The van der Waals surface area contributed by atoms with E-state index in [1.807, 2.05) is 0 Å². The molecule has 0 aromatic heterocycles. The molecule has 0 N–H and O–H groups in total. The predicted molar refractivity (Wildman–Crippen MR) is 150 cm³/mol. The minimum absolute atomic E-state index is 0.162. The van der Waals surface area contributed by atoms with Gasteiger partial charge in [0.25, 0.3) is 0 Å². The maximum atomic E-state index is 5.42. The molecule has 0 aliphatic heterocycles. The van der Waals surface area contributed by atoms with Gasteiger partial charge in [0.05, 0.1) is 22.6 Å². The summed E-state index contributed by atoms with van der Waals surface area (Å²) in [4.78, 5) is 16.1. The monoisotopic (exact) mass is 503 g/mol. The highest BCUT2D eigenvalue weighted by atomic mass is 16.6. The van der Waals surface area contributed by atoms with Crippen molar-refractivity contribution in [1.29, 1.82) is 0 Å². The third-order valence-electron chi connectivity index (χ3n) is 8.68. The number of rotatable bonds is 3. The fourth-order valence-electron chi connectivity index (χ4n) is 7.57. The topological polar surface area (TPSA) is 64.8 Å². The van der Waals surface area contributed by atoms with Crippen molar-refractivity contribution in [1.82, 2.24) is 0 Å². The van der Waals surface area contributed by atoms with Crippen LogP contribution in [-0.2, 0) is 19.9 Å². The maximum Gasteiger partial charge on any atom is 0.106 e. The average Bonchev–Trinajstić information content (AvgIpc) is 3.17. The zero-order valence-corrected chi connectivity index (χ0v) is 21.8. The van der Waals surface area contributed by atoms with Crippen molar-refractivity contribution in [3.05, 3.63) is 106 Å². The second-order valence-corrected chi connectivity index (χ2v) is 10.2. The van der Waals surface area contributed by atoms with Gasteiger partial charge in [-0.05, 0) is 65.0 Å². The van der Waals surface area contributed by atoms with Gasteiger partial charge in [-0.15, -0.1) is 0 Å². The van der Waals surface area contributed by atoms with Crippen molar-refractivity contribution >= 4 is 28.3 Å². The van der Waals surface area contributed by atoms with Crippen LogP contribution in [0.25, 0.3) is 11.1 Å². The van der Waals surface area contributed by atoms with E-state index in [-0.39, 0.29) is 11.3 Å². The molecule has 4 aliphatic rings. The second kappa shape index (κ2) is 8.69. The smallest absolute Gasteiger partial charge is 0.106 e. The molecule has 190 valence electrons. The van der Waals surface area contributed by atoms with Gasteiger partial charge >= 0.3 is 0 Å². The van der Waals surface area contributed by atoms with Crippen molar-refractivity contribution in [2.75, 3.05) is 21.3 Å². The number of hydrogen-bond acceptors (Lipinski definition) is 6. The molecular formula is C32H29N3O3. The Kier molecular flexibility index (Phi) is 5.25. The molecule has 38 heavy (non-hydrogen) atoms. The minimum Gasteiger partial charge on any atom is -0.399 e. The molecule has 2 atom stereocenters. The molecule has 1 spiro atoms. The summed E-state index contributed by atoms with van der Waals surface area (Å²) in [5, 5.41) is 13.6. The van der Waals surface area contributed by atoms with E-state index < -0.39 is 0 Å². The quantitative estimate of drug-likeness (QED) is 0.402. The highest BCUT2D eigenvalue weighted by molar-refractivity contribution is 6.20. The van der Waals surface area contributed by atoms with Gasteiger partial charge < -0.3 is 14.5 Å². The summed E-state index contributed by atoms with van der Waals surface area (Å²) in [5.74, 6) is 0.162. The van der Waals surface area contributed by atoms with Gasteiger partial charge in [-0.2, -0.15) is 0 Å². The highest BCUT2D eigenvalue weighted by Crippen LogP contribution is 2.65. The summed E-state index contributed by atoms with van der Waals surface area (Å²) < 4.78 is 0. The van der Waals surface area contributed by atoms with Gasteiger partial charge in [0.15, 0.2) is 0 Å². The van der Waals surface area contributed by atoms with Crippen molar-refractivity contribution in [3.63, 3.8) is 0 Å². The van der Waals surface area contributed by atoms with Crippen LogP contribution in [0.5, 0.6) is 0 Å². The Labute approximate surface area is 222 Å². The first-order valence-corrected chi connectivity index (χ1v) is 13.1. The first kappa shape index (κ1) is 23.0. The Bertz CT molecular complexity index is 1600. The van der Waals surface area contributed by atoms with E-state index in [2.05, 4.69) is 82.2 Å². The van der Waals surface area contributed by atoms with E-state index in [0.29, 0.717) is 0 Å². The molecule has 0 amide bonds. The Balaban J connectivity index is 1.67. The summed E-state index contributed by atoms with van der Waals surface area (Å²) in [7, 11) is 4.89. The van der Waals surface area contributed by atoms with Crippen LogP contribution in [-0.4, -0.2) is 38.5 Å². The SMILES string of the molecule is CO/N=C1/C[C@@H]2C/C(=N\OC)c3ccccc3[C@]23C(=C2CC/C(=N/OC)c4cccc3c42)c2ccccc21. The van der Waals surface area contributed by atoms with Crippen molar-refractivity contribution < 1.29 is 14.5 Å². The van der Waals surface area contributed by atoms with E-state index in [1.54, 1.807) is 21.3 Å². The zero-order chi connectivity index (χ0) is 25.9. The van der Waals surface area contributed by atoms with Crippen molar-refractivity contribution in [2.24, 2.45) is 21.4 Å². The third kappa shape index (κ3) is 2.91. The Morgan fingerprint density at radius 1 is 0.605 bits per heavy atom. The summed E-state index contributed by atoms with van der Waals surface area (Å²) >= 11 is 0. The molecule has 4 aliphatic carbocycles. The van der Waals surface area contributed by atoms with E-state index in [9.17, 15) is 0 Å². The lowest BCUT2D eigenvalue weighted by Gasteiger charge is -2.45. The van der Waals surface area contributed by atoms with Crippen LogP contribution in [0.15, 0.2) is 82.2 Å². The minimum atomic E-state index is -0.367. The number of fused-ring (bicyclic) bond motifs is 3. The number of oxime groups is 3. The molecule has 6 heteroatoms. The number of hydrogen-bond donors (Lipinski definition) is 0. The number of benzene rings is 3. The van der Waals surface area contributed by atoms with E-state index >= 15 is 0 Å². The molecule has 0 bridgehead atoms. The first-order chi connectivity index (χ1) is 18.7. The molecule has 0 saturated carbocycles. The lowest BCUT2D eigenvalue weighted by atomic mass is 9.56. The van der Waals surface area contributed by atoms with Crippen LogP contribution in [0.4, 0.5) is 0 Å². The normalized spacial score (nSPS) is 25.8. The van der Waals surface area contributed by atoms with Gasteiger partial charge in [0, 0.05) is 16.7 Å². The molecule has 3 aromatic carbocycles. The maximum absolute atomic E-state index is 5.42. The number of allylic oxidation sites excluding steroid dienone is 2. The van der Waals surface area contributed by atoms with Gasteiger partial charge in [-0.25, -0.2) is 0 Å². The summed E-state index contributed by atoms with van der Waals surface area (Å²) in [6.45, 7) is 0. The molecular weight excluding hydrogens is 474 g/mol. The van der Waals surface area contributed by atoms with E-state index in [4.69, 9.17) is 14.5 Å². The fraction of sp³-hybridized carbons (Fsp3) is 0.281. The van der Waals surface area contributed by atoms with Gasteiger partial charge in [-0.1, -0.05) is 82.2 Å². The largest absolute Gasteiger partial charge is 0.399 e. The van der Waals surface area contributed by atoms with E-state index in [1.165, 1.54) is 39.0 Å². The Morgan fingerprint density at radius 2 is 1.18 bits per heavy atom. The molecule has 0 unspecified atom stereocenters. The average molecular weight is 504 g/mol. The van der Waals surface area contributed by atoms with Gasteiger partial charge in [0.2, 0.25) is 0 Å². The molecule has 0 saturated heterocycles. The van der Waals surface area contributed by atoms with Crippen LogP contribution >= 0.6 is 0 Å². The zero-order valence-electron chi connectivity index (χ0n) is 21.8. The van der Waals surface area contributed by atoms with E-state index in [0.717, 1.165) is 53.9 Å². The molecule has 3 aromatic rings. The van der Waals surface area contributed by atoms with Crippen molar-refractivity contribution in [2.45, 2.75) is 31.1 Å². The lowest BCUT2D eigenvalue weighted by Crippen LogP contribution is -2.42. The summed E-state index contributed by atoms with van der Waals surface area (Å²) in [5.41, 5.74) is 14.0. The third-order valence-corrected chi connectivity index (χ3v) is 8.68. The second-order valence-electron chi connectivity index (χ2n) is 10.2. The molecule has 6 nitrogen and oxygen atoms in total. The van der Waals surface area contributed by atoms with Gasteiger partial charge in [0.1, 0.15) is 21.3 Å². The Morgan fingerprint density at radius 3 is 1.92 bits per heavy atom. The molecule has 0 radical (unpaired) electrons. The standard InChI is InChI=1S/C32H29N3O3/c1-36-33-27-16-15-24-30-23(27)12-8-14-26(30)32-19(18-29(35-38-3)22-11-6-7-13-25(22)32)17-28(34-37-2)20-9-4-5-10-21(20)31(24)32/h4-14,19H,15-18H2,1-3H3/b33-27-,34-28-,35-29+/t19-,32-/m1/s1. The van der Waals surface area contributed by atoms with Crippen LogP contribution in [0.1, 0.15) is 64.6 Å². The Hall–Kier alpha value is -4.19. The first-order valence-electron chi connectivity index (χ1n) is 13.1. The lowest BCUT2D eigenvalue weighted by molar-refractivity contribution is 0.209. The highest BCUT2D eigenvalue weighted by Gasteiger charge is 2.58.